The van der Waals surface area contributed by atoms with Crippen LogP contribution in [0.4, 0.5) is 18.9 Å². The van der Waals surface area contributed by atoms with Crippen molar-refractivity contribution in [3.8, 4) is 0 Å². The van der Waals surface area contributed by atoms with E-state index >= 15 is 0 Å². The summed E-state index contributed by atoms with van der Waals surface area (Å²) in [5.41, 5.74) is -4.61. The Labute approximate surface area is 165 Å². The molecule has 158 valence electrons. The van der Waals surface area contributed by atoms with Crippen LogP contribution < -0.4 is 5.32 Å². The molecule has 0 atom stereocenters. The minimum absolute atomic E-state index is 0.0386. The number of Topliss-reactive ketones (excluding diaryl/α,β-unsaturated/α-hetero) is 1. The van der Waals surface area contributed by atoms with Crippen LogP contribution >= 0.6 is 0 Å². The number of nitro benzene ring substituents is 1. The maximum absolute atomic E-state index is 14.6. The Morgan fingerprint density at radius 2 is 1.83 bits per heavy atom. The number of nitrogens with one attached hydrogen (secondary N) is 1. The normalized spacial score (nSPS) is 14.7. The zero-order chi connectivity index (χ0) is 21.7. The monoisotopic (exact) mass is 414 g/mol. The van der Waals surface area contributed by atoms with E-state index in [1.165, 1.54) is 0 Å². The summed E-state index contributed by atoms with van der Waals surface area (Å²) in [6.07, 6.45) is 4.88. The molecule has 0 saturated heterocycles. The van der Waals surface area contributed by atoms with Crippen LogP contribution in [0.15, 0.2) is 11.8 Å². The van der Waals surface area contributed by atoms with Crippen molar-refractivity contribution in [2.24, 2.45) is 0 Å². The van der Waals surface area contributed by atoms with Gasteiger partial charge in [0.1, 0.15) is 17.0 Å². The molecule has 1 fully saturated rings. The Hall–Kier alpha value is -2.91. The third-order valence-corrected chi connectivity index (χ3v) is 4.65. The fourth-order valence-electron chi connectivity index (χ4n) is 3.06. The van der Waals surface area contributed by atoms with E-state index in [9.17, 15) is 32.9 Å². The molecule has 1 N–H and O–H groups in total. The molecule has 0 unspecified atom stereocenters. The van der Waals surface area contributed by atoms with Crippen molar-refractivity contribution in [2.75, 3.05) is 6.61 Å². The van der Waals surface area contributed by atoms with Gasteiger partial charge >= 0.3 is 11.7 Å². The van der Waals surface area contributed by atoms with Crippen LogP contribution in [0.2, 0.25) is 0 Å². The number of rotatable bonds is 8. The number of esters is 1. The van der Waals surface area contributed by atoms with Gasteiger partial charge in [-0.05, 0) is 26.2 Å². The van der Waals surface area contributed by atoms with E-state index in [0.29, 0.717) is 6.42 Å². The third kappa shape index (κ3) is 4.75. The number of carbonyl (C=O) groups excluding carboxylic acids is 2. The highest BCUT2D eigenvalue weighted by Crippen LogP contribution is 2.32. The van der Waals surface area contributed by atoms with Gasteiger partial charge in [0.2, 0.25) is 11.6 Å². The molecular formula is C19H21F3N2O5. The predicted molar refractivity (Wildman–Crippen MR) is 96.8 cm³/mol. The molecule has 1 aromatic carbocycles. The summed E-state index contributed by atoms with van der Waals surface area (Å²) in [6, 6.07) is -0.0386. The molecular weight excluding hydrogens is 393 g/mol. The number of hydrogen-bond donors (Lipinski definition) is 1. The second-order valence-electron chi connectivity index (χ2n) is 6.72. The van der Waals surface area contributed by atoms with Gasteiger partial charge in [-0.1, -0.05) is 19.8 Å². The Balaban J connectivity index is 2.56. The van der Waals surface area contributed by atoms with Crippen LogP contribution in [0.5, 0.6) is 0 Å². The van der Waals surface area contributed by atoms with Crippen molar-refractivity contribution in [3.63, 3.8) is 0 Å². The summed E-state index contributed by atoms with van der Waals surface area (Å²) in [4.78, 5) is 35.0. The number of benzene rings is 1. The van der Waals surface area contributed by atoms with Gasteiger partial charge in [-0.3, -0.25) is 14.9 Å². The van der Waals surface area contributed by atoms with Crippen molar-refractivity contribution >= 4 is 17.4 Å². The lowest BCUT2D eigenvalue weighted by Crippen LogP contribution is -2.26. The van der Waals surface area contributed by atoms with Crippen molar-refractivity contribution in [3.05, 3.63) is 50.5 Å². The van der Waals surface area contributed by atoms with E-state index in [1.54, 1.807) is 6.92 Å². The Kier molecular flexibility index (Phi) is 7.35. The summed E-state index contributed by atoms with van der Waals surface area (Å²) in [5.74, 6) is -7.94. The van der Waals surface area contributed by atoms with Gasteiger partial charge < -0.3 is 10.1 Å². The predicted octanol–water partition coefficient (Wildman–Crippen LogP) is 3.87. The number of ether oxygens (including phenoxy) is 1. The molecule has 2 rings (SSSR count). The fourth-order valence-corrected chi connectivity index (χ4v) is 3.06. The van der Waals surface area contributed by atoms with Crippen molar-refractivity contribution < 1.29 is 32.4 Å². The number of carbonyl (C=O) groups is 2. The molecule has 0 aromatic heterocycles. The van der Waals surface area contributed by atoms with Crippen LogP contribution in [-0.4, -0.2) is 29.3 Å². The molecule has 0 amide bonds. The molecule has 0 spiro atoms. The summed E-state index contributed by atoms with van der Waals surface area (Å²) >= 11 is 0. The molecule has 0 radical (unpaired) electrons. The molecule has 0 aliphatic heterocycles. The highest BCUT2D eigenvalue weighted by Gasteiger charge is 2.37. The van der Waals surface area contributed by atoms with Gasteiger partial charge in [-0.25, -0.2) is 13.6 Å². The molecule has 1 aromatic rings. The second-order valence-corrected chi connectivity index (χ2v) is 6.72. The Bertz CT molecular complexity index is 864. The van der Waals surface area contributed by atoms with Crippen LogP contribution in [0.3, 0.4) is 0 Å². The molecule has 10 heteroatoms. The molecule has 29 heavy (non-hydrogen) atoms. The maximum atomic E-state index is 14.6. The van der Waals surface area contributed by atoms with Gasteiger partial charge in [0, 0.05) is 17.8 Å². The van der Waals surface area contributed by atoms with Crippen LogP contribution in [0, 0.1) is 34.5 Å². The molecule has 7 nitrogen and oxygen atoms in total. The van der Waals surface area contributed by atoms with Crippen molar-refractivity contribution in [2.45, 2.75) is 52.0 Å². The molecule has 1 aliphatic rings. The number of halogens is 3. The standard InChI is InChI=1S/C19H21F3N2O5/c1-3-8-29-19(26)12(9-23-11-6-4-5-7-11)18(25)13-14(20)10(2)15(21)16(22)17(13)24(27)28/h9,11,23H,3-8H2,1-2H3. The molecule has 0 heterocycles. The summed E-state index contributed by atoms with van der Waals surface area (Å²) < 4.78 is 47.4. The Morgan fingerprint density at radius 3 is 2.38 bits per heavy atom. The van der Waals surface area contributed by atoms with Gasteiger partial charge in [0.15, 0.2) is 5.82 Å². The first-order valence-electron chi connectivity index (χ1n) is 9.20. The van der Waals surface area contributed by atoms with E-state index in [4.69, 9.17) is 4.74 Å². The number of ketones is 1. The fraction of sp³-hybridized carbons (Fsp3) is 0.474. The lowest BCUT2D eigenvalue weighted by atomic mass is 9.98. The van der Waals surface area contributed by atoms with Crippen LogP contribution in [-0.2, 0) is 9.53 Å². The SMILES string of the molecule is CCCOC(=O)C(=CNC1CCCC1)C(=O)c1c(F)c(C)c(F)c(F)c1[N+](=O)[O-]. The van der Waals surface area contributed by atoms with Crippen molar-refractivity contribution in [1.29, 1.82) is 0 Å². The highest BCUT2D eigenvalue weighted by molar-refractivity contribution is 6.25. The number of hydrogen-bond acceptors (Lipinski definition) is 6. The average Bonchev–Trinajstić information content (AvgIpc) is 3.20. The molecule has 0 bridgehead atoms. The lowest BCUT2D eigenvalue weighted by Gasteiger charge is -2.13. The van der Waals surface area contributed by atoms with Gasteiger partial charge in [0.05, 0.1) is 11.5 Å². The van der Waals surface area contributed by atoms with E-state index in [1.807, 2.05) is 0 Å². The lowest BCUT2D eigenvalue weighted by molar-refractivity contribution is -0.388. The Morgan fingerprint density at radius 1 is 1.21 bits per heavy atom. The summed E-state index contributed by atoms with van der Waals surface area (Å²) in [5, 5.41) is 14.1. The third-order valence-electron chi connectivity index (χ3n) is 4.65. The quantitative estimate of drug-likeness (QED) is 0.101. The zero-order valence-corrected chi connectivity index (χ0v) is 16.0. The smallest absolute Gasteiger partial charge is 0.343 e. The van der Waals surface area contributed by atoms with E-state index in [2.05, 4.69) is 5.32 Å². The van der Waals surface area contributed by atoms with Gasteiger partial charge in [-0.2, -0.15) is 4.39 Å². The average molecular weight is 414 g/mol. The largest absolute Gasteiger partial charge is 0.462 e. The van der Waals surface area contributed by atoms with Gasteiger partial charge in [0.25, 0.3) is 0 Å². The summed E-state index contributed by atoms with van der Waals surface area (Å²) in [6.45, 7) is 2.50. The minimum Gasteiger partial charge on any atom is -0.462 e. The first kappa shape index (κ1) is 22.4. The molecule has 1 saturated carbocycles. The highest BCUT2D eigenvalue weighted by atomic mass is 19.2. The van der Waals surface area contributed by atoms with E-state index in [-0.39, 0.29) is 12.6 Å². The topological polar surface area (TPSA) is 98.5 Å². The van der Waals surface area contributed by atoms with E-state index < -0.39 is 56.5 Å². The van der Waals surface area contributed by atoms with Crippen molar-refractivity contribution in [1.82, 2.24) is 5.32 Å². The first-order valence-corrected chi connectivity index (χ1v) is 9.20. The first-order chi connectivity index (χ1) is 13.7. The zero-order valence-electron chi connectivity index (χ0n) is 16.0. The summed E-state index contributed by atoms with van der Waals surface area (Å²) in [7, 11) is 0. The van der Waals surface area contributed by atoms with Crippen LogP contribution in [0.1, 0.15) is 54.9 Å². The second kappa shape index (κ2) is 9.53. The van der Waals surface area contributed by atoms with Crippen LogP contribution in [0.25, 0.3) is 0 Å². The number of nitrogens with zero attached hydrogens (tertiary/aromatic N) is 1. The maximum Gasteiger partial charge on any atom is 0.343 e. The molecule has 1 aliphatic carbocycles. The van der Waals surface area contributed by atoms with E-state index in [0.717, 1.165) is 38.8 Å². The number of nitro groups is 1. The minimum atomic E-state index is -1.97. The van der Waals surface area contributed by atoms with Gasteiger partial charge in [-0.15, -0.1) is 0 Å².